The molecule has 1 aliphatic heterocycles. The van der Waals surface area contributed by atoms with E-state index in [1.807, 2.05) is 43.3 Å². The Bertz CT molecular complexity index is 553. The summed E-state index contributed by atoms with van der Waals surface area (Å²) in [5, 5.41) is 11.3. The fourth-order valence-electron chi connectivity index (χ4n) is 1.77. The first-order valence-corrected chi connectivity index (χ1v) is 5.86. The van der Waals surface area contributed by atoms with Crippen molar-refractivity contribution in [1.82, 2.24) is 0 Å². The number of nitrogens with zero attached hydrogens (tertiary/aromatic N) is 1. The second kappa shape index (κ2) is 3.54. The molecule has 0 aliphatic carbocycles. The van der Waals surface area contributed by atoms with Crippen LogP contribution in [-0.4, -0.2) is 5.21 Å². The van der Waals surface area contributed by atoms with Crippen molar-refractivity contribution >= 4 is 23.1 Å². The summed E-state index contributed by atoms with van der Waals surface area (Å²) < 4.78 is 0. The van der Waals surface area contributed by atoms with Crippen LogP contribution in [0.1, 0.15) is 5.56 Å². The van der Waals surface area contributed by atoms with Gasteiger partial charge in [0, 0.05) is 15.9 Å². The molecule has 0 atom stereocenters. The van der Waals surface area contributed by atoms with Gasteiger partial charge in [-0.05, 0) is 30.7 Å². The summed E-state index contributed by atoms with van der Waals surface area (Å²) in [6, 6.07) is 15.0. The Morgan fingerprint density at radius 3 is 2.81 bits per heavy atom. The van der Waals surface area contributed by atoms with E-state index in [0.717, 1.165) is 26.7 Å². The zero-order chi connectivity index (χ0) is 11.1. The molecule has 3 heteroatoms. The third-order valence-electron chi connectivity index (χ3n) is 2.56. The SMILES string of the molecule is Cc1[c]c2c(cc1)Sc1ccccc1N2O. The van der Waals surface area contributed by atoms with Crippen LogP contribution in [0, 0.1) is 13.0 Å². The molecule has 0 spiro atoms. The Hall–Kier alpha value is -1.45. The molecule has 79 valence electrons. The average molecular weight is 228 g/mol. The molecule has 0 saturated heterocycles. The summed E-state index contributed by atoms with van der Waals surface area (Å²) in [6.45, 7) is 1.97. The molecule has 2 aromatic carbocycles. The maximum Gasteiger partial charge on any atom is 0.0914 e. The number of para-hydroxylation sites is 1. The Morgan fingerprint density at radius 2 is 1.94 bits per heavy atom. The first kappa shape index (κ1) is 9.75. The smallest absolute Gasteiger partial charge is 0.0914 e. The van der Waals surface area contributed by atoms with Crippen LogP contribution in [0.5, 0.6) is 0 Å². The van der Waals surface area contributed by atoms with Gasteiger partial charge in [0.15, 0.2) is 0 Å². The van der Waals surface area contributed by atoms with Crippen molar-refractivity contribution in [3.63, 3.8) is 0 Å². The van der Waals surface area contributed by atoms with Gasteiger partial charge < -0.3 is 0 Å². The molecule has 0 saturated carbocycles. The van der Waals surface area contributed by atoms with Gasteiger partial charge in [0.1, 0.15) is 0 Å². The highest BCUT2D eigenvalue weighted by atomic mass is 32.2. The lowest BCUT2D eigenvalue weighted by Crippen LogP contribution is -2.15. The highest BCUT2D eigenvalue weighted by Gasteiger charge is 2.21. The number of aryl methyl sites for hydroxylation is 1. The van der Waals surface area contributed by atoms with Gasteiger partial charge in [-0.3, -0.25) is 5.21 Å². The number of hydrogen-bond donors (Lipinski definition) is 1. The molecule has 2 aromatic rings. The van der Waals surface area contributed by atoms with Crippen LogP contribution in [-0.2, 0) is 0 Å². The van der Waals surface area contributed by atoms with E-state index < -0.39 is 0 Å². The van der Waals surface area contributed by atoms with E-state index in [1.165, 1.54) is 5.06 Å². The average Bonchev–Trinajstić information content (AvgIpc) is 2.31. The van der Waals surface area contributed by atoms with Gasteiger partial charge in [0.05, 0.1) is 11.4 Å². The molecule has 0 unspecified atom stereocenters. The fraction of sp³-hybridized carbons (Fsp3) is 0.0769. The van der Waals surface area contributed by atoms with Crippen LogP contribution in [0.2, 0.25) is 0 Å². The van der Waals surface area contributed by atoms with E-state index in [-0.39, 0.29) is 0 Å². The van der Waals surface area contributed by atoms with Crippen LogP contribution in [0.15, 0.2) is 46.2 Å². The first-order valence-electron chi connectivity index (χ1n) is 5.04. The molecule has 2 nitrogen and oxygen atoms in total. The minimum Gasteiger partial charge on any atom is -0.283 e. The summed E-state index contributed by atoms with van der Waals surface area (Å²) in [5.74, 6) is 0. The van der Waals surface area contributed by atoms with Crippen LogP contribution in [0.3, 0.4) is 0 Å². The van der Waals surface area contributed by atoms with Gasteiger partial charge in [-0.2, -0.15) is 0 Å². The van der Waals surface area contributed by atoms with Gasteiger partial charge >= 0.3 is 0 Å². The molecule has 1 radical (unpaired) electrons. The van der Waals surface area contributed by atoms with Crippen molar-refractivity contribution in [3.8, 4) is 0 Å². The fourth-order valence-corrected chi connectivity index (χ4v) is 2.78. The number of anilines is 2. The summed E-state index contributed by atoms with van der Waals surface area (Å²) >= 11 is 1.66. The van der Waals surface area contributed by atoms with Gasteiger partial charge in [0.25, 0.3) is 0 Å². The van der Waals surface area contributed by atoms with Gasteiger partial charge in [-0.15, -0.1) is 0 Å². The summed E-state index contributed by atoms with van der Waals surface area (Å²) in [7, 11) is 0. The van der Waals surface area contributed by atoms with Gasteiger partial charge in [0.2, 0.25) is 0 Å². The third kappa shape index (κ3) is 1.40. The van der Waals surface area contributed by atoms with Crippen molar-refractivity contribution < 1.29 is 5.21 Å². The van der Waals surface area contributed by atoms with Crippen LogP contribution < -0.4 is 5.06 Å². The molecule has 0 fully saturated rings. The van der Waals surface area contributed by atoms with Crippen molar-refractivity contribution in [1.29, 1.82) is 0 Å². The molecule has 1 N–H and O–H groups in total. The number of fused-ring (bicyclic) bond motifs is 2. The second-order valence-electron chi connectivity index (χ2n) is 3.74. The summed E-state index contributed by atoms with van der Waals surface area (Å²) in [6.07, 6.45) is 0. The summed E-state index contributed by atoms with van der Waals surface area (Å²) in [4.78, 5) is 2.10. The Balaban J connectivity index is 2.19. The monoisotopic (exact) mass is 228 g/mol. The maximum absolute atomic E-state index is 10.1. The van der Waals surface area contributed by atoms with E-state index in [4.69, 9.17) is 0 Å². The largest absolute Gasteiger partial charge is 0.283 e. The predicted octanol–water partition coefficient (Wildman–Crippen LogP) is 3.79. The Labute approximate surface area is 98.5 Å². The lowest BCUT2D eigenvalue weighted by Gasteiger charge is -2.27. The molecule has 1 aliphatic rings. The Kier molecular flexibility index (Phi) is 2.16. The van der Waals surface area contributed by atoms with E-state index in [2.05, 4.69) is 6.07 Å². The Morgan fingerprint density at radius 1 is 1.12 bits per heavy atom. The minimum absolute atomic E-state index is 0.740. The van der Waals surface area contributed by atoms with Gasteiger partial charge in [-0.25, -0.2) is 5.06 Å². The van der Waals surface area contributed by atoms with Gasteiger partial charge in [-0.1, -0.05) is 30.0 Å². The maximum atomic E-state index is 10.1. The highest BCUT2D eigenvalue weighted by molar-refractivity contribution is 7.99. The number of benzene rings is 2. The molecule has 0 amide bonds. The zero-order valence-electron chi connectivity index (χ0n) is 8.77. The predicted molar refractivity (Wildman–Crippen MR) is 64.5 cm³/mol. The molecule has 0 bridgehead atoms. The van der Waals surface area contributed by atoms with Crippen molar-refractivity contribution in [2.45, 2.75) is 16.7 Å². The van der Waals surface area contributed by atoms with Crippen molar-refractivity contribution in [2.75, 3.05) is 5.06 Å². The van der Waals surface area contributed by atoms with Crippen LogP contribution in [0.25, 0.3) is 0 Å². The number of rotatable bonds is 0. The molecular weight excluding hydrogens is 218 g/mol. The standard InChI is InChI=1S/C13H10NOS/c1-9-6-7-13-11(8-9)14(15)10-4-2-3-5-12(10)16-13/h2-7,15H,1H3. The third-order valence-corrected chi connectivity index (χ3v) is 3.67. The summed E-state index contributed by atoms with van der Waals surface area (Å²) in [5.41, 5.74) is 2.59. The second-order valence-corrected chi connectivity index (χ2v) is 4.82. The van der Waals surface area contributed by atoms with Crippen molar-refractivity contribution in [2.24, 2.45) is 0 Å². The molecule has 1 heterocycles. The molecule has 16 heavy (non-hydrogen) atoms. The molecular formula is C13H10NOS. The minimum atomic E-state index is 0.740. The molecule has 0 aromatic heterocycles. The topological polar surface area (TPSA) is 23.5 Å². The van der Waals surface area contributed by atoms with E-state index in [0.29, 0.717) is 0 Å². The first-order chi connectivity index (χ1) is 7.75. The normalized spacial score (nSPS) is 13.2. The zero-order valence-corrected chi connectivity index (χ0v) is 9.58. The van der Waals surface area contributed by atoms with E-state index in [1.54, 1.807) is 11.8 Å². The van der Waals surface area contributed by atoms with Crippen LogP contribution >= 0.6 is 11.8 Å². The van der Waals surface area contributed by atoms with E-state index in [9.17, 15) is 5.21 Å². The molecule has 3 rings (SSSR count). The lowest BCUT2D eigenvalue weighted by molar-refractivity contribution is 0.296. The van der Waals surface area contributed by atoms with E-state index >= 15 is 0 Å². The van der Waals surface area contributed by atoms with Crippen molar-refractivity contribution in [3.05, 3.63) is 48.0 Å². The highest BCUT2D eigenvalue weighted by Crippen LogP contribution is 2.46. The number of hydrogen-bond acceptors (Lipinski definition) is 3. The quantitative estimate of drug-likeness (QED) is 0.742. The van der Waals surface area contributed by atoms with Crippen LogP contribution in [0.4, 0.5) is 11.4 Å². The lowest BCUT2D eigenvalue weighted by atomic mass is 10.2.